The van der Waals surface area contributed by atoms with Crippen LogP contribution >= 0.6 is 15.9 Å². The number of hydrogen-bond acceptors (Lipinski definition) is 2. The second kappa shape index (κ2) is 4.95. The van der Waals surface area contributed by atoms with Crippen LogP contribution in [0.25, 0.3) is 0 Å². The lowest BCUT2D eigenvalue weighted by atomic mass is 9.97. The SMILES string of the molecule is CC1CCCC1C(=O)Nc1ccncc1Br. The number of pyridine rings is 1. The maximum atomic E-state index is 12.0. The van der Waals surface area contributed by atoms with Gasteiger partial charge in [0.05, 0.1) is 10.2 Å². The van der Waals surface area contributed by atoms with Gasteiger partial charge in [-0.2, -0.15) is 0 Å². The van der Waals surface area contributed by atoms with Gasteiger partial charge >= 0.3 is 0 Å². The topological polar surface area (TPSA) is 42.0 Å². The molecular formula is C12H15BrN2O. The van der Waals surface area contributed by atoms with Crippen LogP contribution in [-0.4, -0.2) is 10.9 Å². The Morgan fingerprint density at radius 2 is 2.38 bits per heavy atom. The van der Waals surface area contributed by atoms with E-state index in [1.165, 1.54) is 0 Å². The van der Waals surface area contributed by atoms with Gasteiger partial charge in [-0.25, -0.2) is 0 Å². The number of nitrogens with one attached hydrogen (secondary N) is 1. The van der Waals surface area contributed by atoms with Crippen molar-refractivity contribution in [2.45, 2.75) is 26.2 Å². The first-order valence-electron chi connectivity index (χ1n) is 5.59. The second-order valence-electron chi connectivity index (χ2n) is 4.36. The van der Waals surface area contributed by atoms with Crippen LogP contribution in [0.3, 0.4) is 0 Å². The van der Waals surface area contributed by atoms with Crippen LogP contribution in [-0.2, 0) is 4.79 Å². The summed E-state index contributed by atoms with van der Waals surface area (Å²) in [5.41, 5.74) is 0.805. The third-order valence-corrected chi connectivity index (χ3v) is 3.86. The normalized spacial score (nSPS) is 24.4. The van der Waals surface area contributed by atoms with E-state index < -0.39 is 0 Å². The average Bonchev–Trinajstić information content (AvgIpc) is 2.68. The molecular weight excluding hydrogens is 268 g/mol. The van der Waals surface area contributed by atoms with Gasteiger partial charge in [0.1, 0.15) is 0 Å². The first-order chi connectivity index (χ1) is 7.68. The molecule has 1 amide bonds. The van der Waals surface area contributed by atoms with Crippen LogP contribution in [0.1, 0.15) is 26.2 Å². The second-order valence-corrected chi connectivity index (χ2v) is 5.21. The van der Waals surface area contributed by atoms with Crippen molar-refractivity contribution in [2.75, 3.05) is 5.32 Å². The molecule has 1 aromatic heterocycles. The molecule has 4 heteroatoms. The summed E-state index contributed by atoms with van der Waals surface area (Å²) in [6.07, 6.45) is 6.70. The quantitative estimate of drug-likeness (QED) is 0.905. The van der Waals surface area contributed by atoms with Gasteiger partial charge in [-0.3, -0.25) is 9.78 Å². The third kappa shape index (κ3) is 2.43. The molecule has 0 aliphatic heterocycles. The number of rotatable bonds is 2. The molecule has 86 valence electrons. The summed E-state index contributed by atoms with van der Waals surface area (Å²) in [7, 11) is 0. The monoisotopic (exact) mass is 282 g/mol. The maximum absolute atomic E-state index is 12.0. The van der Waals surface area contributed by atoms with Crippen LogP contribution in [0, 0.1) is 11.8 Å². The number of amides is 1. The number of aromatic nitrogens is 1. The zero-order valence-corrected chi connectivity index (χ0v) is 10.8. The fourth-order valence-corrected chi connectivity index (χ4v) is 2.59. The summed E-state index contributed by atoms with van der Waals surface area (Å²) in [5.74, 6) is 0.803. The van der Waals surface area contributed by atoms with E-state index in [4.69, 9.17) is 0 Å². The van der Waals surface area contributed by atoms with Gasteiger partial charge in [-0.05, 0) is 40.8 Å². The van der Waals surface area contributed by atoms with Crippen molar-refractivity contribution < 1.29 is 4.79 Å². The lowest BCUT2D eigenvalue weighted by Crippen LogP contribution is -2.24. The van der Waals surface area contributed by atoms with Crippen molar-refractivity contribution in [3.63, 3.8) is 0 Å². The summed E-state index contributed by atoms with van der Waals surface area (Å²) in [4.78, 5) is 16.0. The third-order valence-electron chi connectivity index (χ3n) is 3.23. The number of carbonyl (C=O) groups excluding carboxylic acids is 1. The van der Waals surface area contributed by atoms with Gasteiger partial charge in [0.15, 0.2) is 0 Å². The zero-order chi connectivity index (χ0) is 11.5. The molecule has 2 unspecified atom stereocenters. The molecule has 2 atom stereocenters. The highest BCUT2D eigenvalue weighted by Gasteiger charge is 2.29. The molecule has 0 saturated heterocycles. The summed E-state index contributed by atoms with van der Waals surface area (Å²) >= 11 is 3.37. The fourth-order valence-electron chi connectivity index (χ4n) is 2.24. The highest BCUT2D eigenvalue weighted by atomic mass is 79.9. The number of carbonyl (C=O) groups is 1. The van der Waals surface area contributed by atoms with Crippen molar-refractivity contribution in [3.8, 4) is 0 Å². The highest BCUT2D eigenvalue weighted by Crippen LogP contribution is 2.32. The Bertz CT molecular complexity index is 394. The number of hydrogen-bond donors (Lipinski definition) is 1. The van der Waals surface area contributed by atoms with Crippen molar-refractivity contribution in [1.29, 1.82) is 0 Å². The van der Waals surface area contributed by atoms with Crippen LogP contribution in [0.15, 0.2) is 22.9 Å². The van der Waals surface area contributed by atoms with E-state index in [0.717, 1.165) is 29.4 Å². The molecule has 1 N–H and O–H groups in total. The van der Waals surface area contributed by atoms with Gasteiger partial charge < -0.3 is 5.32 Å². The Labute approximate surface area is 104 Å². The standard InChI is InChI=1S/C12H15BrN2O/c1-8-3-2-4-9(8)12(16)15-11-5-6-14-7-10(11)13/h5-9H,2-4H2,1H3,(H,14,15,16). The number of anilines is 1. The predicted octanol–water partition coefficient (Wildman–Crippen LogP) is 3.22. The Balaban J connectivity index is 2.05. The van der Waals surface area contributed by atoms with Crippen molar-refractivity contribution in [2.24, 2.45) is 11.8 Å². The Hall–Kier alpha value is -0.900. The molecule has 1 aliphatic rings. The van der Waals surface area contributed by atoms with E-state index in [1.807, 2.05) is 6.07 Å². The molecule has 0 radical (unpaired) electrons. The maximum Gasteiger partial charge on any atom is 0.227 e. The Morgan fingerprint density at radius 3 is 3.00 bits per heavy atom. The van der Waals surface area contributed by atoms with Gasteiger partial charge in [-0.1, -0.05) is 13.3 Å². The van der Waals surface area contributed by atoms with E-state index in [1.54, 1.807) is 12.4 Å². The average molecular weight is 283 g/mol. The van der Waals surface area contributed by atoms with E-state index in [0.29, 0.717) is 5.92 Å². The molecule has 0 aromatic carbocycles. The lowest BCUT2D eigenvalue weighted by Gasteiger charge is -2.15. The fraction of sp³-hybridized carbons (Fsp3) is 0.500. The summed E-state index contributed by atoms with van der Waals surface area (Å²) in [6.45, 7) is 2.15. The van der Waals surface area contributed by atoms with E-state index >= 15 is 0 Å². The van der Waals surface area contributed by atoms with Crippen LogP contribution in [0.4, 0.5) is 5.69 Å². The highest BCUT2D eigenvalue weighted by molar-refractivity contribution is 9.10. The summed E-state index contributed by atoms with van der Waals surface area (Å²) < 4.78 is 0.828. The molecule has 0 bridgehead atoms. The van der Waals surface area contributed by atoms with Crippen molar-refractivity contribution in [1.82, 2.24) is 4.98 Å². The van der Waals surface area contributed by atoms with Gasteiger partial charge in [0.25, 0.3) is 0 Å². The molecule has 2 rings (SSSR count). The number of nitrogens with zero attached hydrogens (tertiary/aromatic N) is 1. The van der Waals surface area contributed by atoms with Crippen molar-refractivity contribution >= 4 is 27.5 Å². The molecule has 0 spiro atoms. The Morgan fingerprint density at radius 1 is 1.56 bits per heavy atom. The molecule has 1 heterocycles. The smallest absolute Gasteiger partial charge is 0.227 e. The van der Waals surface area contributed by atoms with Gasteiger partial charge in [0.2, 0.25) is 5.91 Å². The minimum atomic E-state index is 0.136. The van der Waals surface area contributed by atoms with Gasteiger partial charge in [-0.15, -0.1) is 0 Å². The molecule has 1 aromatic rings. The molecule has 1 fully saturated rings. The van der Waals surface area contributed by atoms with Crippen LogP contribution < -0.4 is 5.32 Å². The first kappa shape index (κ1) is 11.6. The van der Waals surface area contributed by atoms with Crippen LogP contribution in [0.5, 0.6) is 0 Å². The molecule has 1 aliphatic carbocycles. The van der Waals surface area contributed by atoms with Crippen LogP contribution in [0.2, 0.25) is 0 Å². The largest absolute Gasteiger partial charge is 0.325 e. The molecule has 16 heavy (non-hydrogen) atoms. The van der Waals surface area contributed by atoms with E-state index in [9.17, 15) is 4.79 Å². The number of halogens is 1. The van der Waals surface area contributed by atoms with E-state index in [2.05, 4.69) is 33.2 Å². The predicted molar refractivity (Wildman–Crippen MR) is 67.1 cm³/mol. The van der Waals surface area contributed by atoms with Gasteiger partial charge in [0, 0.05) is 18.3 Å². The van der Waals surface area contributed by atoms with Crippen molar-refractivity contribution in [3.05, 3.63) is 22.9 Å². The zero-order valence-electron chi connectivity index (χ0n) is 9.24. The minimum Gasteiger partial charge on any atom is -0.325 e. The van der Waals surface area contributed by atoms with E-state index in [-0.39, 0.29) is 11.8 Å². The minimum absolute atomic E-state index is 0.136. The Kier molecular flexibility index (Phi) is 3.59. The lowest BCUT2D eigenvalue weighted by molar-refractivity contribution is -0.120. The summed E-state index contributed by atoms with van der Waals surface area (Å²) in [5, 5.41) is 2.96. The molecule has 1 saturated carbocycles. The molecule has 3 nitrogen and oxygen atoms in total. The first-order valence-corrected chi connectivity index (χ1v) is 6.38. The summed E-state index contributed by atoms with van der Waals surface area (Å²) in [6, 6.07) is 1.81.